The van der Waals surface area contributed by atoms with E-state index in [0.29, 0.717) is 5.92 Å². The van der Waals surface area contributed by atoms with E-state index in [1.165, 1.54) is 29.0 Å². The Bertz CT molecular complexity index is 697. The minimum Gasteiger partial charge on any atom is -0.302 e. The SMILES string of the molecule is C=C(C1CC1)C(Cc1ccc(I)cc1N(C)S(C)(=O)=O)N(C)C. The zero-order valence-electron chi connectivity index (χ0n) is 14.2. The summed E-state index contributed by atoms with van der Waals surface area (Å²) in [5.74, 6) is 0.627. The van der Waals surface area contributed by atoms with Gasteiger partial charge < -0.3 is 4.90 Å². The zero-order chi connectivity index (χ0) is 17.4. The van der Waals surface area contributed by atoms with Gasteiger partial charge in [0.05, 0.1) is 11.9 Å². The van der Waals surface area contributed by atoms with Gasteiger partial charge in [0.1, 0.15) is 0 Å². The number of sulfonamides is 1. The molecular weight excluding hydrogens is 423 g/mol. The van der Waals surface area contributed by atoms with Crippen molar-refractivity contribution in [1.82, 2.24) is 4.90 Å². The zero-order valence-corrected chi connectivity index (χ0v) is 17.2. The fourth-order valence-corrected chi connectivity index (χ4v) is 3.76. The van der Waals surface area contributed by atoms with Gasteiger partial charge in [-0.2, -0.15) is 0 Å². The molecule has 4 nitrogen and oxygen atoms in total. The Morgan fingerprint density at radius 2 is 1.96 bits per heavy atom. The number of nitrogens with zero attached hydrogens (tertiary/aromatic N) is 2. The first-order chi connectivity index (χ1) is 10.6. The first kappa shape index (κ1) is 18.7. The van der Waals surface area contributed by atoms with Crippen LogP contribution >= 0.6 is 22.6 Å². The molecule has 0 spiro atoms. The smallest absolute Gasteiger partial charge is 0.232 e. The van der Waals surface area contributed by atoms with Gasteiger partial charge in [-0.25, -0.2) is 8.42 Å². The van der Waals surface area contributed by atoms with E-state index >= 15 is 0 Å². The summed E-state index contributed by atoms with van der Waals surface area (Å²) in [6.07, 6.45) is 4.47. The molecule has 23 heavy (non-hydrogen) atoms. The summed E-state index contributed by atoms with van der Waals surface area (Å²) in [7, 11) is 2.46. The number of benzene rings is 1. The van der Waals surface area contributed by atoms with E-state index in [4.69, 9.17) is 0 Å². The molecule has 1 aliphatic carbocycles. The number of hydrogen-bond acceptors (Lipinski definition) is 3. The molecule has 1 aromatic carbocycles. The monoisotopic (exact) mass is 448 g/mol. The van der Waals surface area contributed by atoms with Crippen LogP contribution < -0.4 is 4.31 Å². The molecule has 0 aliphatic heterocycles. The average Bonchev–Trinajstić information content (AvgIpc) is 3.27. The second-order valence-electron chi connectivity index (χ2n) is 6.54. The first-order valence-corrected chi connectivity index (χ1v) is 10.6. The molecule has 0 radical (unpaired) electrons. The van der Waals surface area contributed by atoms with Gasteiger partial charge >= 0.3 is 0 Å². The highest BCUT2D eigenvalue weighted by atomic mass is 127. The topological polar surface area (TPSA) is 40.6 Å². The standard InChI is InChI=1S/C17H25IN2O2S/c1-12(13-6-7-13)16(19(2)3)10-14-8-9-15(18)11-17(14)20(4)23(5,21)22/h8-9,11,13,16H,1,6-7,10H2,2-5H3. The first-order valence-electron chi connectivity index (χ1n) is 7.68. The highest BCUT2D eigenvalue weighted by Crippen LogP contribution is 2.39. The fourth-order valence-electron chi connectivity index (χ4n) is 2.76. The molecule has 1 saturated carbocycles. The van der Waals surface area contributed by atoms with Gasteiger partial charge in [0.15, 0.2) is 0 Å². The Balaban J connectivity index is 2.36. The van der Waals surface area contributed by atoms with Crippen LogP contribution in [0.15, 0.2) is 30.4 Å². The molecule has 0 saturated heterocycles. The second kappa shape index (κ2) is 7.11. The van der Waals surface area contributed by atoms with E-state index in [2.05, 4.69) is 48.2 Å². The van der Waals surface area contributed by atoms with Crippen molar-refractivity contribution in [3.63, 3.8) is 0 Å². The highest BCUT2D eigenvalue weighted by Gasteiger charge is 2.31. The quantitative estimate of drug-likeness (QED) is 0.476. The van der Waals surface area contributed by atoms with Crippen LogP contribution in [0.3, 0.4) is 0 Å². The van der Waals surface area contributed by atoms with Crippen LogP contribution in [0.5, 0.6) is 0 Å². The summed E-state index contributed by atoms with van der Waals surface area (Å²) in [6.45, 7) is 4.30. The van der Waals surface area contributed by atoms with Crippen LogP contribution in [0.25, 0.3) is 0 Å². The van der Waals surface area contributed by atoms with Gasteiger partial charge in [0, 0.05) is 16.7 Å². The van der Waals surface area contributed by atoms with E-state index < -0.39 is 10.0 Å². The van der Waals surface area contributed by atoms with Gasteiger partial charge in [0.2, 0.25) is 10.0 Å². The Morgan fingerprint density at radius 3 is 2.43 bits per heavy atom. The molecule has 128 valence electrons. The molecule has 6 heteroatoms. The molecule has 0 N–H and O–H groups in total. The van der Waals surface area contributed by atoms with Crippen LogP contribution in [0.4, 0.5) is 5.69 Å². The normalized spacial score (nSPS) is 16.4. The molecule has 1 atom stereocenters. The maximum absolute atomic E-state index is 12.0. The maximum Gasteiger partial charge on any atom is 0.232 e. The largest absolute Gasteiger partial charge is 0.302 e. The summed E-state index contributed by atoms with van der Waals surface area (Å²) in [6, 6.07) is 6.23. The van der Waals surface area contributed by atoms with Crippen molar-refractivity contribution in [3.05, 3.63) is 39.5 Å². The Kier molecular flexibility index (Phi) is 5.79. The number of anilines is 1. The third-order valence-electron chi connectivity index (χ3n) is 4.45. The molecule has 1 aromatic rings. The minimum absolute atomic E-state index is 0.231. The van der Waals surface area contributed by atoms with Crippen LogP contribution in [0, 0.1) is 9.49 Å². The lowest BCUT2D eigenvalue weighted by Crippen LogP contribution is -2.33. The molecule has 0 aromatic heterocycles. The van der Waals surface area contributed by atoms with Gasteiger partial charge in [-0.3, -0.25) is 4.31 Å². The lowest BCUT2D eigenvalue weighted by molar-refractivity contribution is 0.320. The molecule has 1 fully saturated rings. The Morgan fingerprint density at radius 1 is 1.35 bits per heavy atom. The van der Waals surface area contributed by atoms with Gasteiger partial charge in [-0.05, 0) is 79.6 Å². The van der Waals surface area contributed by atoms with E-state index in [9.17, 15) is 8.42 Å². The maximum atomic E-state index is 12.0. The number of hydrogen-bond donors (Lipinski definition) is 0. The van der Waals surface area contributed by atoms with E-state index in [-0.39, 0.29) is 6.04 Å². The Labute approximate surface area is 153 Å². The molecule has 0 heterocycles. The van der Waals surface area contributed by atoms with Gasteiger partial charge in [0.25, 0.3) is 0 Å². The average molecular weight is 448 g/mol. The van der Waals surface area contributed by atoms with Gasteiger partial charge in [-0.1, -0.05) is 18.2 Å². The van der Waals surface area contributed by atoms with E-state index in [1.807, 2.05) is 18.2 Å². The molecule has 0 amide bonds. The summed E-state index contributed by atoms with van der Waals surface area (Å²) in [4.78, 5) is 2.18. The third kappa shape index (κ3) is 4.70. The van der Waals surface area contributed by atoms with Crippen molar-refractivity contribution < 1.29 is 8.42 Å². The van der Waals surface area contributed by atoms with Gasteiger partial charge in [-0.15, -0.1) is 0 Å². The summed E-state index contributed by atoms with van der Waals surface area (Å²) in [5.41, 5.74) is 3.06. The van der Waals surface area contributed by atoms with Crippen molar-refractivity contribution in [2.75, 3.05) is 31.7 Å². The summed E-state index contributed by atoms with van der Waals surface area (Å²) in [5, 5.41) is 0. The predicted octanol–water partition coefficient (Wildman–Crippen LogP) is 3.13. The molecule has 2 rings (SSSR count). The number of halogens is 1. The second-order valence-corrected chi connectivity index (χ2v) is 9.80. The predicted molar refractivity (Wildman–Crippen MR) is 105 cm³/mol. The van der Waals surface area contributed by atoms with Crippen molar-refractivity contribution in [3.8, 4) is 0 Å². The molecular formula is C17H25IN2O2S. The molecule has 0 bridgehead atoms. The van der Waals surface area contributed by atoms with Crippen molar-refractivity contribution in [1.29, 1.82) is 0 Å². The van der Waals surface area contributed by atoms with Crippen molar-refractivity contribution in [2.45, 2.75) is 25.3 Å². The van der Waals surface area contributed by atoms with Crippen molar-refractivity contribution >= 4 is 38.3 Å². The van der Waals surface area contributed by atoms with Crippen LogP contribution in [0.1, 0.15) is 18.4 Å². The lowest BCUT2D eigenvalue weighted by Gasteiger charge is -2.29. The van der Waals surface area contributed by atoms with E-state index in [1.54, 1.807) is 7.05 Å². The third-order valence-corrected chi connectivity index (χ3v) is 6.31. The van der Waals surface area contributed by atoms with Crippen LogP contribution in [-0.4, -0.2) is 46.8 Å². The van der Waals surface area contributed by atoms with Crippen molar-refractivity contribution in [2.24, 2.45) is 5.92 Å². The number of likely N-dealkylation sites (N-methyl/N-ethyl adjacent to an activating group) is 1. The van der Waals surface area contributed by atoms with Crippen LogP contribution in [-0.2, 0) is 16.4 Å². The molecule has 1 unspecified atom stereocenters. The minimum atomic E-state index is -3.28. The Hall–Kier alpha value is -0.600. The summed E-state index contributed by atoms with van der Waals surface area (Å²) < 4.78 is 26.3. The highest BCUT2D eigenvalue weighted by molar-refractivity contribution is 14.1. The van der Waals surface area contributed by atoms with E-state index in [0.717, 1.165) is 21.2 Å². The fraction of sp³-hybridized carbons (Fsp3) is 0.529. The van der Waals surface area contributed by atoms with Crippen LogP contribution in [0.2, 0.25) is 0 Å². The lowest BCUT2D eigenvalue weighted by atomic mass is 9.95. The number of rotatable bonds is 7. The molecule has 1 aliphatic rings. The summed E-state index contributed by atoms with van der Waals surface area (Å²) >= 11 is 2.22.